The van der Waals surface area contributed by atoms with Crippen molar-refractivity contribution in [2.45, 2.75) is 6.92 Å². The van der Waals surface area contributed by atoms with Crippen LogP contribution < -0.4 is 10.4 Å². The number of aryl methyl sites for hydroxylation is 2. The highest BCUT2D eigenvalue weighted by Crippen LogP contribution is 1.84. The number of nitrogen functional groups attached to an aromatic ring is 1. The van der Waals surface area contributed by atoms with Gasteiger partial charge in [0.25, 0.3) is 6.33 Å². The SMILES string of the molecule is Cc1c[n+](C)cn1N. The van der Waals surface area contributed by atoms with Gasteiger partial charge in [-0.3, -0.25) is 5.84 Å². The number of hydrogen-bond donors (Lipinski definition) is 1. The fraction of sp³-hybridized carbons (Fsp3) is 0.400. The van der Waals surface area contributed by atoms with Crippen LogP contribution in [0.1, 0.15) is 5.69 Å². The molecular weight excluding hydrogens is 102 g/mol. The summed E-state index contributed by atoms with van der Waals surface area (Å²) in [5.74, 6) is 5.44. The second kappa shape index (κ2) is 1.51. The summed E-state index contributed by atoms with van der Waals surface area (Å²) < 4.78 is 3.50. The van der Waals surface area contributed by atoms with E-state index in [4.69, 9.17) is 5.84 Å². The highest BCUT2D eigenvalue weighted by molar-refractivity contribution is 4.87. The Balaban J connectivity index is 3.14. The van der Waals surface area contributed by atoms with Crippen molar-refractivity contribution in [3.8, 4) is 0 Å². The van der Waals surface area contributed by atoms with Gasteiger partial charge in [-0.05, 0) is 0 Å². The van der Waals surface area contributed by atoms with E-state index < -0.39 is 0 Å². The van der Waals surface area contributed by atoms with Crippen LogP contribution in [-0.4, -0.2) is 4.68 Å². The van der Waals surface area contributed by atoms with Gasteiger partial charge < -0.3 is 0 Å². The average molecular weight is 112 g/mol. The quantitative estimate of drug-likeness (QED) is 0.351. The molecule has 0 aliphatic rings. The first-order chi connectivity index (χ1) is 3.70. The zero-order valence-electron chi connectivity index (χ0n) is 5.13. The molecular formula is C5H10N3+. The van der Waals surface area contributed by atoms with Crippen molar-refractivity contribution in [1.29, 1.82) is 0 Å². The maximum absolute atomic E-state index is 5.44. The number of imidazole rings is 1. The minimum Gasteiger partial charge on any atom is -0.269 e. The average Bonchev–Trinajstić information content (AvgIpc) is 1.85. The Morgan fingerprint density at radius 1 is 1.75 bits per heavy atom. The molecule has 44 valence electrons. The third-order valence-electron chi connectivity index (χ3n) is 1.10. The van der Waals surface area contributed by atoms with Crippen molar-refractivity contribution in [1.82, 2.24) is 4.68 Å². The van der Waals surface area contributed by atoms with Gasteiger partial charge in [-0.15, -0.1) is 4.68 Å². The molecule has 0 aliphatic carbocycles. The van der Waals surface area contributed by atoms with E-state index in [0.717, 1.165) is 5.69 Å². The molecule has 0 saturated carbocycles. The summed E-state index contributed by atoms with van der Waals surface area (Å²) in [6, 6.07) is 0. The van der Waals surface area contributed by atoms with E-state index in [2.05, 4.69) is 0 Å². The van der Waals surface area contributed by atoms with E-state index >= 15 is 0 Å². The molecule has 0 spiro atoms. The van der Waals surface area contributed by atoms with Crippen LogP contribution in [0.2, 0.25) is 0 Å². The van der Waals surface area contributed by atoms with Gasteiger partial charge in [-0.25, -0.2) is 4.57 Å². The summed E-state index contributed by atoms with van der Waals surface area (Å²) >= 11 is 0. The van der Waals surface area contributed by atoms with Gasteiger partial charge in [0.05, 0.1) is 7.05 Å². The number of nitrogens with zero attached hydrogens (tertiary/aromatic N) is 2. The highest BCUT2D eigenvalue weighted by Gasteiger charge is 1.99. The Bertz CT molecular complexity index is 170. The molecule has 1 heterocycles. The van der Waals surface area contributed by atoms with Crippen LogP contribution in [0.4, 0.5) is 0 Å². The number of aromatic nitrogens is 2. The lowest BCUT2D eigenvalue weighted by atomic mass is 10.6. The topological polar surface area (TPSA) is 34.8 Å². The maximum atomic E-state index is 5.44. The summed E-state index contributed by atoms with van der Waals surface area (Å²) in [6.07, 6.45) is 3.77. The lowest BCUT2D eigenvalue weighted by Crippen LogP contribution is -2.24. The van der Waals surface area contributed by atoms with Gasteiger partial charge in [-0.2, -0.15) is 0 Å². The van der Waals surface area contributed by atoms with Gasteiger partial charge in [0.15, 0.2) is 5.69 Å². The molecule has 1 rings (SSSR count). The first-order valence-electron chi connectivity index (χ1n) is 2.49. The fourth-order valence-corrected chi connectivity index (χ4v) is 0.682. The molecule has 1 aromatic rings. The maximum Gasteiger partial charge on any atom is 0.267 e. The summed E-state index contributed by atoms with van der Waals surface area (Å²) in [5, 5.41) is 0. The van der Waals surface area contributed by atoms with Crippen LogP contribution in [-0.2, 0) is 7.05 Å². The molecule has 0 bridgehead atoms. The Morgan fingerprint density at radius 2 is 2.38 bits per heavy atom. The van der Waals surface area contributed by atoms with Gasteiger partial charge in [0.2, 0.25) is 0 Å². The van der Waals surface area contributed by atoms with Crippen LogP contribution in [0.15, 0.2) is 12.5 Å². The van der Waals surface area contributed by atoms with Gasteiger partial charge in [-0.1, -0.05) is 0 Å². The Hall–Kier alpha value is -0.990. The lowest BCUT2D eigenvalue weighted by Gasteiger charge is -1.78. The van der Waals surface area contributed by atoms with Crippen LogP contribution in [0, 0.1) is 6.92 Å². The van der Waals surface area contributed by atoms with E-state index in [0.29, 0.717) is 0 Å². The Morgan fingerprint density at radius 3 is 2.50 bits per heavy atom. The van der Waals surface area contributed by atoms with Crippen LogP contribution in [0.3, 0.4) is 0 Å². The second-order valence-electron chi connectivity index (χ2n) is 1.96. The monoisotopic (exact) mass is 112 g/mol. The smallest absolute Gasteiger partial charge is 0.267 e. The van der Waals surface area contributed by atoms with Crippen LogP contribution in [0.5, 0.6) is 0 Å². The molecule has 3 heteroatoms. The summed E-state index contributed by atoms with van der Waals surface area (Å²) in [6.45, 7) is 1.96. The molecule has 0 saturated heterocycles. The minimum absolute atomic E-state index is 1.06. The van der Waals surface area contributed by atoms with Crippen molar-refractivity contribution in [2.75, 3.05) is 5.84 Å². The van der Waals surface area contributed by atoms with Crippen LogP contribution in [0.25, 0.3) is 0 Å². The first kappa shape index (κ1) is 5.15. The molecule has 3 nitrogen and oxygen atoms in total. The molecule has 0 aliphatic heterocycles. The molecule has 2 N–H and O–H groups in total. The normalized spacial score (nSPS) is 9.75. The Kier molecular flexibility index (Phi) is 0.970. The summed E-state index contributed by atoms with van der Waals surface area (Å²) in [5.41, 5.74) is 1.06. The molecule has 0 unspecified atom stereocenters. The molecule has 0 atom stereocenters. The number of rotatable bonds is 0. The first-order valence-corrected chi connectivity index (χ1v) is 2.49. The second-order valence-corrected chi connectivity index (χ2v) is 1.96. The predicted molar refractivity (Wildman–Crippen MR) is 30.5 cm³/mol. The van der Waals surface area contributed by atoms with E-state index in [1.54, 1.807) is 4.68 Å². The molecule has 0 amide bonds. The highest BCUT2D eigenvalue weighted by atomic mass is 15.3. The zero-order chi connectivity index (χ0) is 6.15. The Labute approximate surface area is 48.3 Å². The van der Waals surface area contributed by atoms with E-state index in [-0.39, 0.29) is 0 Å². The largest absolute Gasteiger partial charge is 0.269 e. The van der Waals surface area contributed by atoms with E-state index in [1.807, 2.05) is 31.1 Å². The molecule has 0 radical (unpaired) electrons. The molecule has 8 heavy (non-hydrogen) atoms. The predicted octanol–water partition coefficient (Wildman–Crippen LogP) is -0.665. The number of hydrogen-bond acceptors (Lipinski definition) is 1. The van der Waals surface area contributed by atoms with Crippen molar-refractivity contribution >= 4 is 0 Å². The molecule has 1 aromatic heterocycles. The van der Waals surface area contributed by atoms with Crippen molar-refractivity contribution in [2.24, 2.45) is 7.05 Å². The lowest BCUT2D eigenvalue weighted by molar-refractivity contribution is -0.671. The van der Waals surface area contributed by atoms with Crippen LogP contribution >= 0.6 is 0 Å². The van der Waals surface area contributed by atoms with Gasteiger partial charge in [0.1, 0.15) is 6.20 Å². The summed E-state index contributed by atoms with van der Waals surface area (Å²) in [7, 11) is 1.94. The van der Waals surface area contributed by atoms with Gasteiger partial charge in [0, 0.05) is 6.92 Å². The van der Waals surface area contributed by atoms with E-state index in [9.17, 15) is 0 Å². The molecule has 0 fully saturated rings. The minimum atomic E-state index is 1.06. The standard InChI is InChI=1S/C5H10N3/c1-5-3-7(2)4-8(5)6/h3-4H,6H2,1-2H3/q+1. The zero-order valence-corrected chi connectivity index (χ0v) is 5.13. The third-order valence-corrected chi connectivity index (χ3v) is 1.10. The van der Waals surface area contributed by atoms with E-state index in [1.165, 1.54) is 0 Å². The van der Waals surface area contributed by atoms with Gasteiger partial charge >= 0.3 is 0 Å². The van der Waals surface area contributed by atoms with Crippen molar-refractivity contribution in [3.63, 3.8) is 0 Å². The molecule has 0 aromatic carbocycles. The number of nitrogens with two attached hydrogens (primary N) is 1. The fourth-order valence-electron chi connectivity index (χ4n) is 0.682. The third kappa shape index (κ3) is 0.665. The summed E-state index contributed by atoms with van der Waals surface area (Å²) in [4.78, 5) is 0. The van der Waals surface area contributed by atoms with Crippen molar-refractivity contribution < 1.29 is 4.57 Å². The van der Waals surface area contributed by atoms with Crippen molar-refractivity contribution in [3.05, 3.63) is 18.2 Å².